The maximum Gasteiger partial charge on any atom is 0.121 e. The molecule has 0 bridgehead atoms. The molecule has 0 saturated carbocycles. The van der Waals surface area contributed by atoms with Crippen molar-refractivity contribution in [2.45, 2.75) is 20.5 Å². The molecule has 0 aromatic heterocycles. The van der Waals surface area contributed by atoms with Crippen LogP contribution in [0.1, 0.15) is 16.7 Å². The third kappa shape index (κ3) is 2.78. The molecule has 0 atom stereocenters. The number of benzene rings is 2. The van der Waals surface area contributed by atoms with Crippen molar-refractivity contribution in [3.8, 4) is 5.75 Å². The molecule has 0 fully saturated rings. The lowest BCUT2D eigenvalue weighted by Crippen LogP contribution is -2.00. The average Bonchev–Trinajstić information content (AvgIpc) is 2.28. The van der Waals surface area contributed by atoms with E-state index < -0.39 is 0 Å². The third-order valence-corrected chi connectivity index (χ3v) is 2.89. The van der Waals surface area contributed by atoms with Crippen LogP contribution in [0, 0.1) is 13.8 Å². The molecule has 2 N–H and O–H groups in total. The SMILES string of the molecule is Cc1cccc(C)c1COc1cccc(N)c1. The van der Waals surface area contributed by atoms with Crippen molar-refractivity contribution in [3.63, 3.8) is 0 Å². The van der Waals surface area contributed by atoms with Crippen molar-refractivity contribution in [1.29, 1.82) is 0 Å². The summed E-state index contributed by atoms with van der Waals surface area (Å²) in [5, 5.41) is 0. The van der Waals surface area contributed by atoms with Crippen molar-refractivity contribution in [2.75, 3.05) is 5.73 Å². The molecule has 0 heterocycles. The number of nitrogens with two attached hydrogens (primary N) is 1. The Morgan fingerprint density at radius 2 is 1.65 bits per heavy atom. The zero-order valence-electron chi connectivity index (χ0n) is 10.2. The summed E-state index contributed by atoms with van der Waals surface area (Å²) in [5.74, 6) is 0.813. The van der Waals surface area contributed by atoms with E-state index in [0.717, 1.165) is 11.4 Å². The Balaban J connectivity index is 2.13. The zero-order chi connectivity index (χ0) is 12.3. The van der Waals surface area contributed by atoms with Gasteiger partial charge in [-0.15, -0.1) is 0 Å². The Kier molecular flexibility index (Phi) is 3.33. The van der Waals surface area contributed by atoms with E-state index in [1.165, 1.54) is 16.7 Å². The van der Waals surface area contributed by atoms with Crippen LogP contribution >= 0.6 is 0 Å². The summed E-state index contributed by atoms with van der Waals surface area (Å²) in [5.41, 5.74) is 10.2. The highest BCUT2D eigenvalue weighted by molar-refractivity contribution is 5.43. The first-order chi connectivity index (χ1) is 8.16. The number of ether oxygens (including phenoxy) is 1. The number of aryl methyl sites for hydroxylation is 2. The van der Waals surface area contributed by atoms with Gasteiger partial charge in [0.2, 0.25) is 0 Å². The second-order valence-electron chi connectivity index (χ2n) is 4.23. The lowest BCUT2D eigenvalue weighted by Gasteiger charge is -2.11. The minimum Gasteiger partial charge on any atom is -0.489 e. The molecule has 0 radical (unpaired) electrons. The largest absolute Gasteiger partial charge is 0.489 e. The molecule has 88 valence electrons. The van der Waals surface area contributed by atoms with E-state index in [9.17, 15) is 0 Å². The van der Waals surface area contributed by atoms with Crippen molar-refractivity contribution < 1.29 is 4.74 Å². The molecule has 2 nitrogen and oxygen atoms in total. The summed E-state index contributed by atoms with van der Waals surface area (Å²) < 4.78 is 5.75. The predicted octanol–water partition coefficient (Wildman–Crippen LogP) is 3.46. The molecule has 0 amide bonds. The van der Waals surface area contributed by atoms with Gasteiger partial charge in [0, 0.05) is 11.8 Å². The van der Waals surface area contributed by atoms with Crippen LogP contribution in [0.2, 0.25) is 0 Å². The van der Waals surface area contributed by atoms with Gasteiger partial charge in [-0.25, -0.2) is 0 Å². The molecule has 0 saturated heterocycles. The molecule has 2 aromatic carbocycles. The van der Waals surface area contributed by atoms with E-state index in [-0.39, 0.29) is 0 Å². The van der Waals surface area contributed by atoms with Gasteiger partial charge in [0.25, 0.3) is 0 Å². The Bertz CT molecular complexity index is 500. The molecule has 0 unspecified atom stereocenters. The van der Waals surface area contributed by atoms with E-state index in [4.69, 9.17) is 10.5 Å². The van der Waals surface area contributed by atoms with E-state index >= 15 is 0 Å². The normalized spacial score (nSPS) is 10.2. The quantitative estimate of drug-likeness (QED) is 0.815. The van der Waals surface area contributed by atoms with Gasteiger partial charge >= 0.3 is 0 Å². The van der Waals surface area contributed by atoms with Crippen LogP contribution in [0.5, 0.6) is 5.75 Å². The highest BCUT2D eigenvalue weighted by atomic mass is 16.5. The van der Waals surface area contributed by atoms with Gasteiger partial charge in [0.05, 0.1) is 0 Å². The molecular weight excluding hydrogens is 210 g/mol. The minimum atomic E-state index is 0.585. The molecule has 2 heteroatoms. The number of rotatable bonds is 3. The van der Waals surface area contributed by atoms with Crippen molar-refractivity contribution >= 4 is 5.69 Å². The summed E-state index contributed by atoms with van der Waals surface area (Å²) >= 11 is 0. The fraction of sp³-hybridized carbons (Fsp3) is 0.200. The van der Waals surface area contributed by atoms with Crippen LogP contribution in [0.15, 0.2) is 42.5 Å². The van der Waals surface area contributed by atoms with E-state index in [1.807, 2.05) is 24.3 Å². The van der Waals surface area contributed by atoms with Crippen LogP contribution in [-0.2, 0) is 6.61 Å². The molecule has 0 aliphatic carbocycles. The van der Waals surface area contributed by atoms with Crippen LogP contribution in [-0.4, -0.2) is 0 Å². The maximum atomic E-state index is 5.75. The fourth-order valence-corrected chi connectivity index (χ4v) is 1.84. The average molecular weight is 227 g/mol. The summed E-state index contributed by atoms with van der Waals surface area (Å²) in [6, 6.07) is 13.8. The monoisotopic (exact) mass is 227 g/mol. The maximum absolute atomic E-state index is 5.75. The predicted molar refractivity (Wildman–Crippen MR) is 71.1 cm³/mol. The lowest BCUT2D eigenvalue weighted by molar-refractivity contribution is 0.305. The first kappa shape index (κ1) is 11.5. The second kappa shape index (κ2) is 4.91. The van der Waals surface area contributed by atoms with Gasteiger partial charge in [0.15, 0.2) is 0 Å². The van der Waals surface area contributed by atoms with E-state index in [2.05, 4.69) is 32.0 Å². The van der Waals surface area contributed by atoms with Gasteiger partial charge in [-0.05, 0) is 42.7 Å². The van der Waals surface area contributed by atoms with Crippen LogP contribution < -0.4 is 10.5 Å². The van der Waals surface area contributed by atoms with Gasteiger partial charge < -0.3 is 10.5 Å². The number of nitrogen functional groups attached to an aromatic ring is 1. The van der Waals surface area contributed by atoms with Gasteiger partial charge in [0.1, 0.15) is 12.4 Å². The molecule has 0 spiro atoms. The molecule has 0 aliphatic heterocycles. The van der Waals surface area contributed by atoms with E-state index in [0.29, 0.717) is 6.61 Å². The zero-order valence-corrected chi connectivity index (χ0v) is 10.2. The van der Waals surface area contributed by atoms with Crippen LogP contribution in [0.25, 0.3) is 0 Å². The molecule has 2 rings (SSSR count). The Morgan fingerprint density at radius 3 is 2.29 bits per heavy atom. The number of hydrogen-bond donors (Lipinski definition) is 1. The molecule has 17 heavy (non-hydrogen) atoms. The lowest BCUT2D eigenvalue weighted by atomic mass is 10.0. The van der Waals surface area contributed by atoms with Crippen molar-refractivity contribution in [3.05, 3.63) is 59.2 Å². The first-order valence-corrected chi connectivity index (χ1v) is 5.70. The van der Waals surface area contributed by atoms with Crippen molar-refractivity contribution in [1.82, 2.24) is 0 Å². The fourth-order valence-electron chi connectivity index (χ4n) is 1.84. The minimum absolute atomic E-state index is 0.585. The van der Waals surface area contributed by atoms with Gasteiger partial charge in [-0.1, -0.05) is 24.3 Å². The Labute approximate surface area is 102 Å². The van der Waals surface area contributed by atoms with Crippen LogP contribution in [0.4, 0.5) is 5.69 Å². The van der Waals surface area contributed by atoms with Crippen molar-refractivity contribution in [2.24, 2.45) is 0 Å². The first-order valence-electron chi connectivity index (χ1n) is 5.70. The molecular formula is C15H17NO. The highest BCUT2D eigenvalue weighted by Gasteiger charge is 2.03. The van der Waals surface area contributed by atoms with E-state index in [1.54, 1.807) is 0 Å². The second-order valence-corrected chi connectivity index (χ2v) is 4.23. The summed E-state index contributed by atoms with van der Waals surface area (Å²) in [6.45, 7) is 4.79. The summed E-state index contributed by atoms with van der Waals surface area (Å²) in [7, 11) is 0. The molecule has 2 aromatic rings. The van der Waals surface area contributed by atoms with Gasteiger partial charge in [-0.3, -0.25) is 0 Å². The van der Waals surface area contributed by atoms with Crippen LogP contribution in [0.3, 0.4) is 0 Å². The smallest absolute Gasteiger partial charge is 0.121 e. The molecule has 0 aliphatic rings. The topological polar surface area (TPSA) is 35.2 Å². The Hall–Kier alpha value is -1.96. The highest BCUT2D eigenvalue weighted by Crippen LogP contribution is 2.19. The summed E-state index contributed by atoms with van der Waals surface area (Å²) in [6.07, 6.45) is 0. The number of hydrogen-bond acceptors (Lipinski definition) is 2. The number of anilines is 1. The summed E-state index contributed by atoms with van der Waals surface area (Å²) in [4.78, 5) is 0. The third-order valence-electron chi connectivity index (χ3n) is 2.89. The van der Waals surface area contributed by atoms with Gasteiger partial charge in [-0.2, -0.15) is 0 Å². The Morgan fingerprint density at radius 1 is 1.00 bits per heavy atom. The standard InChI is InChI=1S/C15H17NO/c1-11-5-3-6-12(2)15(11)10-17-14-8-4-7-13(16)9-14/h3-9H,10,16H2,1-2H3.